The molecule has 0 saturated heterocycles. The van der Waals surface area contributed by atoms with E-state index >= 15 is 0 Å². The first-order valence-electron chi connectivity index (χ1n) is 8.52. The first kappa shape index (κ1) is 16.7. The Labute approximate surface area is 155 Å². The smallest absolute Gasteiger partial charge is 0.248 e. The molecule has 2 N–H and O–H groups in total. The molecular formula is C21H17N5O. The number of tetrazole rings is 1. The highest BCUT2D eigenvalue weighted by atomic mass is 16.1. The van der Waals surface area contributed by atoms with Crippen molar-refractivity contribution >= 4 is 27.9 Å². The Morgan fingerprint density at radius 3 is 2.59 bits per heavy atom. The van der Waals surface area contributed by atoms with E-state index in [2.05, 4.69) is 50.2 Å². The number of anilines is 1. The third-order valence-corrected chi connectivity index (χ3v) is 4.32. The zero-order valence-electron chi connectivity index (χ0n) is 14.7. The maximum atomic E-state index is 12.5. The lowest BCUT2D eigenvalue weighted by molar-refractivity contribution is -0.111. The van der Waals surface area contributed by atoms with E-state index in [1.165, 1.54) is 5.39 Å². The molecule has 1 heterocycles. The molecular weight excluding hydrogens is 338 g/mol. The van der Waals surface area contributed by atoms with Gasteiger partial charge in [0.2, 0.25) is 11.7 Å². The summed E-state index contributed by atoms with van der Waals surface area (Å²) in [6.07, 6.45) is 1.59. The van der Waals surface area contributed by atoms with Gasteiger partial charge in [-0.15, -0.1) is 10.2 Å². The predicted molar refractivity (Wildman–Crippen MR) is 106 cm³/mol. The summed E-state index contributed by atoms with van der Waals surface area (Å²) >= 11 is 0. The molecule has 0 atom stereocenters. The average molecular weight is 355 g/mol. The zero-order valence-corrected chi connectivity index (χ0v) is 14.7. The number of benzene rings is 3. The number of hydrogen-bond acceptors (Lipinski definition) is 4. The van der Waals surface area contributed by atoms with Crippen LogP contribution in [0.25, 0.3) is 27.7 Å². The standard InChI is InChI=1S/C21H17N5O/c1-14(16-11-10-15-6-2-3-7-17(15)13-16)12-20(27)22-19-9-5-4-8-18(19)21-23-25-26-24-21/h2-13H,1H3,(H,22,27)(H,23,24,25,26). The third kappa shape index (κ3) is 3.59. The fourth-order valence-corrected chi connectivity index (χ4v) is 2.95. The number of amides is 1. The highest BCUT2D eigenvalue weighted by Gasteiger charge is 2.10. The largest absolute Gasteiger partial charge is 0.322 e. The number of H-pyrrole nitrogens is 1. The number of carbonyl (C=O) groups is 1. The van der Waals surface area contributed by atoms with Crippen LogP contribution in [0.1, 0.15) is 12.5 Å². The van der Waals surface area contributed by atoms with Crippen molar-refractivity contribution in [1.82, 2.24) is 20.6 Å². The van der Waals surface area contributed by atoms with E-state index in [9.17, 15) is 4.79 Å². The molecule has 0 spiro atoms. The number of aromatic nitrogens is 4. The van der Waals surface area contributed by atoms with E-state index in [1.807, 2.05) is 49.4 Å². The summed E-state index contributed by atoms with van der Waals surface area (Å²) < 4.78 is 0. The molecule has 1 aromatic heterocycles. The number of nitrogens with one attached hydrogen (secondary N) is 2. The van der Waals surface area contributed by atoms with Crippen LogP contribution in [0.4, 0.5) is 5.69 Å². The maximum absolute atomic E-state index is 12.5. The Bertz CT molecular complexity index is 1130. The lowest BCUT2D eigenvalue weighted by Crippen LogP contribution is -2.09. The Hall–Kier alpha value is -3.80. The molecule has 4 rings (SSSR count). The molecule has 4 aromatic rings. The number of fused-ring (bicyclic) bond motifs is 1. The fraction of sp³-hybridized carbons (Fsp3) is 0.0476. The van der Waals surface area contributed by atoms with Gasteiger partial charge in [0.05, 0.1) is 5.69 Å². The van der Waals surface area contributed by atoms with Gasteiger partial charge in [-0.25, -0.2) is 0 Å². The van der Waals surface area contributed by atoms with Gasteiger partial charge >= 0.3 is 0 Å². The van der Waals surface area contributed by atoms with Crippen molar-refractivity contribution < 1.29 is 4.79 Å². The fourth-order valence-electron chi connectivity index (χ4n) is 2.95. The number of carbonyl (C=O) groups excluding carboxylic acids is 1. The molecule has 0 aliphatic heterocycles. The normalized spacial score (nSPS) is 11.5. The first-order valence-corrected chi connectivity index (χ1v) is 8.52. The molecule has 0 radical (unpaired) electrons. The van der Waals surface area contributed by atoms with E-state index in [1.54, 1.807) is 6.08 Å². The maximum Gasteiger partial charge on any atom is 0.248 e. The van der Waals surface area contributed by atoms with Crippen LogP contribution >= 0.6 is 0 Å². The molecule has 0 fully saturated rings. The van der Waals surface area contributed by atoms with Crippen LogP contribution in [-0.2, 0) is 4.79 Å². The van der Waals surface area contributed by atoms with Crippen LogP contribution in [0, 0.1) is 0 Å². The van der Waals surface area contributed by atoms with Crippen molar-refractivity contribution in [3.63, 3.8) is 0 Å². The van der Waals surface area contributed by atoms with Crippen molar-refractivity contribution in [3.05, 3.63) is 78.4 Å². The van der Waals surface area contributed by atoms with Crippen LogP contribution < -0.4 is 5.32 Å². The molecule has 0 saturated carbocycles. The quantitative estimate of drug-likeness (QED) is 0.541. The average Bonchev–Trinajstić information content (AvgIpc) is 3.22. The molecule has 27 heavy (non-hydrogen) atoms. The number of rotatable bonds is 4. The molecule has 6 heteroatoms. The van der Waals surface area contributed by atoms with Crippen LogP contribution in [0.5, 0.6) is 0 Å². The third-order valence-electron chi connectivity index (χ3n) is 4.32. The van der Waals surface area contributed by atoms with Crippen LogP contribution in [-0.4, -0.2) is 26.5 Å². The van der Waals surface area contributed by atoms with E-state index in [0.717, 1.165) is 16.5 Å². The number of hydrogen-bond donors (Lipinski definition) is 2. The topological polar surface area (TPSA) is 83.6 Å². The lowest BCUT2D eigenvalue weighted by atomic mass is 10.0. The second-order valence-electron chi connectivity index (χ2n) is 6.16. The SMILES string of the molecule is CC(=CC(=O)Nc1ccccc1-c1nn[nH]n1)c1ccc2ccccc2c1. The van der Waals surface area contributed by atoms with E-state index in [-0.39, 0.29) is 5.91 Å². The van der Waals surface area contributed by atoms with Gasteiger partial charge in [0, 0.05) is 11.6 Å². The number of aromatic amines is 1. The van der Waals surface area contributed by atoms with Gasteiger partial charge in [0.15, 0.2) is 0 Å². The minimum atomic E-state index is -0.211. The van der Waals surface area contributed by atoms with Gasteiger partial charge < -0.3 is 5.32 Å². The van der Waals surface area contributed by atoms with E-state index in [4.69, 9.17) is 0 Å². The second kappa shape index (κ2) is 7.21. The predicted octanol–water partition coefficient (Wildman–Crippen LogP) is 4.06. The van der Waals surface area contributed by atoms with Crippen molar-refractivity contribution in [2.45, 2.75) is 6.92 Å². The molecule has 0 unspecified atom stereocenters. The van der Waals surface area contributed by atoms with Crippen LogP contribution in [0.15, 0.2) is 72.8 Å². The van der Waals surface area contributed by atoms with E-state index < -0.39 is 0 Å². The van der Waals surface area contributed by atoms with Crippen molar-refractivity contribution in [1.29, 1.82) is 0 Å². The minimum Gasteiger partial charge on any atom is -0.322 e. The monoisotopic (exact) mass is 355 g/mol. The van der Waals surface area contributed by atoms with E-state index in [0.29, 0.717) is 17.1 Å². The van der Waals surface area contributed by atoms with Crippen molar-refractivity contribution in [2.24, 2.45) is 0 Å². The summed E-state index contributed by atoms with van der Waals surface area (Å²) in [7, 11) is 0. The number of para-hydroxylation sites is 1. The Kier molecular flexibility index (Phi) is 4.45. The molecule has 6 nitrogen and oxygen atoms in total. The Morgan fingerprint density at radius 1 is 1.00 bits per heavy atom. The highest BCUT2D eigenvalue weighted by Crippen LogP contribution is 2.25. The first-order chi connectivity index (χ1) is 13.2. The zero-order chi connectivity index (χ0) is 18.6. The Morgan fingerprint density at radius 2 is 1.78 bits per heavy atom. The Balaban J connectivity index is 1.58. The summed E-state index contributed by atoms with van der Waals surface area (Å²) in [6, 6.07) is 21.7. The van der Waals surface area contributed by atoms with Gasteiger partial charge in [-0.3, -0.25) is 4.79 Å². The molecule has 0 aliphatic rings. The van der Waals surface area contributed by atoms with Gasteiger partial charge in [0.1, 0.15) is 0 Å². The molecule has 1 amide bonds. The summed E-state index contributed by atoms with van der Waals surface area (Å²) in [5.74, 6) is 0.220. The molecule has 0 bridgehead atoms. The van der Waals surface area contributed by atoms with Crippen molar-refractivity contribution in [3.8, 4) is 11.4 Å². The molecule has 3 aromatic carbocycles. The number of nitrogens with zero attached hydrogens (tertiary/aromatic N) is 3. The van der Waals surface area contributed by atoms with Gasteiger partial charge in [-0.05, 0) is 52.2 Å². The van der Waals surface area contributed by atoms with Crippen LogP contribution in [0.3, 0.4) is 0 Å². The highest BCUT2D eigenvalue weighted by molar-refractivity contribution is 6.05. The van der Waals surface area contributed by atoms with Crippen molar-refractivity contribution in [2.75, 3.05) is 5.32 Å². The lowest BCUT2D eigenvalue weighted by Gasteiger charge is -2.08. The minimum absolute atomic E-state index is 0.211. The van der Waals surface area contributed by atoms with Gasteiger partial charge in [-0.2, -0.15) is 5.21 Å². The van der Waals surface area contributed by atoms with Gasteiger partial charge in [0.25, 0.3) is 0 Å². The molecule has 132 valence electrons. The second-order valence-corrected chi connectivity index (χ2v) is 6.16. The summed E-state index contributed by atoms with van der Waals surface area (Å²) in [5, 5.41) is 19.2. The number of allylic oxidation sites excluding steroid dienone is 1. The van der Waals surface area contributed by atoms with Crippen LogP contribution in [0.2, 0.25) is 0 Å². The summed E-state index contributed by atoms with van der Waals surface area (Å²) in [6.45, 7) is 1.93. The van der Waals surface area contributed by atoms with Gasteiger partial charge in [-0.1, -0.05) is 48.5 Å². The summed E-state index contributed by atoms with van der Waals surface area (Å²) in [5.41, 5.74) is 3.23. The summed E-state index contributed by atoms with van der Waals surface area (Å²) in [4.78, 5) is 12.5. The molecule has 0 aliphatic carbocycles.